The van der Waals surface area contributed by atoms with E-state index < -0.39 is 0 Å². The van der Waals surface area contributed by atoms with Crippen molar-refractivity contribution in [1.82, 2.24) is 10.3 Å². The van der Waals surface area contributed by atoms with Crippen molar-refractivity contribution in [2.45, 2.75) is 13.3 Å². The Morgan fingerprint density at radius 2 is 2.31 bits per heavy atom. The number of anilines is 1. The first-order chi connectivity index (χ1) is 7.67. The second-order valence-electron chi connectivity index (χ2n) is 3.43. The predicted octanol–water partition coefficient (Wildman–Crippen LogP) is 1.70. The molecule has 1 aromatic heterocycles. The number of amides is 1. The van der Waals surface area contributed by atoms with Gasteiger partial charge in [-0.15, -0.1) is 0 Å². The lowest BCUT2D eigenvalue weighted by Crippen LogP contribution is -2.36. The number of likely N-dealkylation sites (N-methyl/N-ethyl adjacent to an activating group) is 1. The van der Waals surface area contributed by atoms with E-state index in [0.717, 1.165) is 18.8 Å². The highest BCUT2D eigenvalue weighted by Gasteiger charge is 2.10. The molecule has 0 saturated carbocycles. The third-order valence-electron chi connectivity index (χ3n) is 2.14. The van der Waals surface area contributed by atoms with Crippen molar-refractivity contribution in [2.75, 3.05) is 25.0 Å². The molecule has 0 saturated heterocycles. The molecule has 1 aromatic rings. The molecule has 1 amide bonds. The number of carbonyl (C=O) groups excluding carboxylic acids is 1. The van der Waals surface area contributed by atoms with Crippen LogP contribution in [-0.2, 0) is 4.79 Å². The van der Waals surface area contributed by atoms with Gasteiger partial charge in [-0.2, -0.15) is 0 Å². The summed E-state index contributed by atoms with van der Waals surface area (Å²) >= 11 is 5.77. The maximum absolute atomic E-state index is 11.3. The van der Waals surface area contributed by atoms with E-state index in [9.17, 15) is 4.79 Å². The molecule has 0 spiro atoms. The van der Waals surface area contributed by atoms with Gasteiger partial charge >= 0.3 is 0 Å². The van der Waals surface area contributed by atoms with Gasteiger partial charge in [0.1, 0.15) is 5.82 Å². The Bertz CT molecular complexity index is 340. The van der Waals surface area contributed by atoms with Crippen LogP contribution >= 0.6 is 11.6 Å². The van der Waals surface area contributed by atoms with Gasteiger partial charge in [-0.25, -0.2) is 4.98 Å². The molecule has 0 atom stereocenters. The highest BCUT2D eigenvalue weighted by molar-refractivity contribution is 6.30. The first kappa shape index (κ1) is 12.8. The first-order valence-corrected chi connectivity index (χ1v) is 5.62. The average Bonchev–Trinajstić information content (AvgIpc) is 2.29. The van der Waals surface area contributed by atoms with Crippen LogP contribution < -0.4 is 10.2 Å². The molecule has 5 heteroatoms. The Hall–Kier alpha value is -1.29. The Balaban J connectivity index is 2.76. The minimum atomic E-state index is -0.0230. The topological polar surface area (TPSA) is 45.2 Å². The van der Waals surface area contributed by atoms with Gasteiger partial charge < -0.3 is 10.2 Å². The van der Waals surface area contributed by atoms with E-state index in [4.69, 9.17) is 11.6 Å². The third-order valence-corrected chi connectivity index (χ3v) is 2.37. The number of hydrogen-bond acceptors (Lipinski definition) is 3. The van der Waals surface area contributed by atoms with Crippen LogP contribution in [0.1, 0.15) is 13.3 Å². The molecule has 0 unspecified atom stereocenters. The quantitative estimate of drug-likeness (QED) is 0.854. The van der Waals surface area contributed by atoms with Crippen molar-refractivity contribution in [3.8, 4) is 0 Å². The number of nitrogens with zero attached hydrogens (tertiary/aromatic N) is 2. The second-order valence-corrected chi connectivity index (χ2v) is 3.87. The molecule has 0 aliphatic carbocycles. The average molecular weight is 242 g/mol. The SMILES string of the molecule is CCCN(CC(=O)NC)c1ccc(Cl)cn1. The molecule has 0 aromatic carbocycles. The van der Waals surface area contributed by atoms with Gasteiger partial charge in [-0.1, -0.05) is 18.5 Å². The lowest BCUT2D eigenvalue weighted by atomic mass is 10.3. The van der Waals surface area contributed by atoms with Crippen molar-refractivity contribution in [2.24, 2.45) is 0 Å². The zero-order chi connectivity index (χ0) is 12.0. The van der Waals surface area contributed by atoms with E-state index in [2.05, 4.69) is 17.2 Å². The Kier molecular flexibility index (Phi) is 5.05. The molecular weight excluding hydrogens is 226 g/mol. The molecule has 0 fully saturated rings. The summed E-state index contributed by atoms with van der Waals surface area (Å²) in [6, 6.07) is 3.59. The minimum Gasteiger partial charge on any atom is -0.358 e. The van der Waals surface area contributed by atoms with E-state index in [1.54, 1.807) is 19.3 Å². The van der Waals surface area contributed by atoms with Crippen molar-refractivity contribution in [3.05, 3.63) is 23.4 Å². The van der Waals surface area contributed by atoms with Crippen LogP contribution in [0.2, 0.25) is 5.02 Å². The number of halogens is 1. The molecule has 88 valence electrons. The molecule has 0 aliphatic rings. The molecule has 0 bridgehead atoms. The van der Waals surface area contributed by atoms with Crippen molar-refractivity contribution < 1.29 is 4.79 Å². The minimum absolute atomic E-state index is 0.0230. The normalized spacial score (nSPS) is 9.94. The van der Waals surface area contributed by atoms with Crippen molar-refractivity contribution in [3.63, 3.8) is 0 Å². The summed E-state index contributed by atoms with van der Waals surface area (Å²) in [6.45, 7) is 3.17. The van der Waals surface area contributed by atoms with E-state index in [1.165, 1.54) is 0 Å². The highest BCUT2D eigenvalue weighted by atomic mass is 35.5. The Labute approximate surface area is 101 Å². The lowest BCUT2D eigenvalue weighted by Gasteiger charge is -2.21. The summed E-state index contributed by atoms with van der Waals surface area (Å²) in [6.07, 6.45) is 2.55. The fraction of sp³-hybridized carbons (Fsp3) is 0.455. The van der Waals surface area contributed by atoms with Crippen LogP contribution in [0.15, 0.2) is 18.3 Å². The highest BCUT2D eigenvalue weighted by Crippen LogP contribution is 2.14. The summed E-state index contributed by atoms with van der Waals surface area (Å²) < 4.78 is 0. The van der Waals surface area contributed by atoms with E-state index in [-0.39, 0.29) is 5.91 Å². The monoisotopic (exact) mass is 241 g/mol. The summed E-state index contributed by atoms with van der Waals surface area (Å²) in [7, 11) is 1.63. The fourth-order valence-electron chi connectivity index (χ4n) is 1.35. The zero-order valence-electron chi connectivity index (χ0n) is 9.53. The number of aromatic nitrogens is 1. The standard InChI is InChI=1S/C11H16ClN3O/c1-3-6-15(8-11(16)13-2)10-5-4-9(12)7-14-10/h4-5,7H,3,6,8H2,1-2H3,(H,13,16). The van der Waals surface area contributed by atoms with Crippen LogP contribution in [0.25, 0.3) is 0 Å². The van der Waals surface area contributed by atoms with Crippen LogP contribution in [-0.4, -0.2) is 31.0 Å². The molecule has 1 rings (SSSR count). The van der Waals surface area contributed by atoms with E-state index >= 15 is 0 Å². The smallest absolute Gasteiger partial charge is 0.239 e. The largest absolute Gasteiger partial charge is 0.358 e. The molecule has 16 heavy (non-hydrogen) atoms. The molecule has 0 aliphatic heterocycles. The maximum Gasteiger partial charge on any atom is 0.239 e. The summed E-state index contributed by atoms with van der Waals surface area (Å²) in [5.74, 6) is 0.750. The lowest BCUT2D eigenvalue weighted by molar-refractivity contribution is -0.119. The van der Waals surface area contributed by atoms with Gasteiger partial charge in [0.2, 0.25) is 5.91 Å². The van der Waals surface area contributed by atoms with Gasteiger partial charge in [0.15, 0.2) is 0 Å². The molecule has 1 N–H and O–H groups in total. The van der Waals surface area contributed by atoms with Gasteiger partial charge in [0.25, 0.3) is 0 Å². The van der Waals surface area contributed by atoms with Crippen LogP contribution in [0.5, 0.6) is 0 Å². The number of pyridine rings is 1. The van der Waals surface area contributed by atoms with Gasteiger partial charge in [-0.05, 0) is 18.6 Å². The number of carbonyl (C=O) groups is 1. The van der Waals surface area contributed by atoms with E-state index in [0.29, 0.717) is 11.6 Å². The van der Waals surface area contributed by atoms with Crippen LogP contribution in [0.3, 0.4) is 0 Å². The Morgan fingerprint density at radius 1 is 1.56 bits per heavy atom. The van der Waals surface area contributed by atoms with Crippen LogP contribution in [0, 0.1) is 0 Å². The van der Waals surface area contributed by atoms with Crippen molar-refractivity contribution in [1.29, 1.82) is 0 Å². The first-order valence-electron chi connectivity index (χ1n) is 5.24. The zero-order valence-corrected chi connectivity index (χ0v) is 10.3. The van der Waals surface area contributed by atoms with E-state index in [1.807, 2.05) is 11.0 Å². The van der Waals surface area contributed by atoms with Crippen molar-refractivity contribution >= 4 is 23.3 Å². The van der Waals surface area contributed by atoms with Gasteiger partial charge in [-0.3, -0.25) is 4.79 Å². The molecule has 0 radical (unpaired) electrons. The second kappa shape index (κ2) is 6.33. The van der Waals surface area contributed by atoms with Crippen LogP contribution in [0.4, 0.5) is 5.82 Å². The molecular formula is C11H16ClN3O. The maximum atomic E-state index is 11.3. The summed E-state index contributed by atoms with van der Waals surface area (Å²) in [5, 5.41) is 3.20. The predicted molar refractivity (Wildman–Crippen MR) is 65.8 cm³/mol. The molecule has 4 nitrogen and oxygen atoms in total. The van der Waals surface area contributed by atoms with Gasteiger partial charge in [0.05, 0.1) is 11.6 Å². The molecule has 1 heterocycles. The fourth-order valence-corrected chi connectivity index (χ4v) is 1.46. The third kappa shape index (κ3) is 3.70. The van der Waals surface area contributed by atoms with Gasteiger partial charge in [0, 0.05) is 19.8 Å². The number of rotatable bonds is 5. The number of hydrogen-bond donors (Lipinski definition) is 1. The number of nitrogens with one attached hydrogen (secondary N) is 1. The summed E-state index contributed by atoms with van der Waals surface area (Å²) in [5.41, 5.74) is 0. The summed E-state index contributed by atoms with van der Waals surface area (Å²) in [4.78, 5) is 17.5. The Morgan fingerprint density at radius 3 is 2.81 bits per heavy atom.